The number of ether oxygens (including phenoxy) is 2. The van der Waals surface area contributed by atoms with E-state index in [4.69, 9.17) is 9.47 Å². The summed E-state index contributed by atoms with van der Waals surface area (Å²) < 4.78 is 38.9. The van der Waals surface area contributed by atoms with Gasteiger partial charge in [0.2, 0.25) is 0 Å². The second-order valence-electron chi connectivity index (χ2n) is 5.10. The van der Waals surface area contributed by atoms with Crippen LogP contribution in [0.4, 0.5) is 8.78 Å². The molecule has 0 heterocycles. The Morgan fingerprint density at radius 3 is 1.77 bits per heavy atom. The third-order valence-electron chi connectivity index (χ3n) is 3.46. The van der Waals surface area contributed by atoms with Gasteiger partial charge in [-0.2, -0.15) is 10.5 Å². The summed E-state index contributed by atoms with van der Waals surface area (Å²) in [5, 5.41) is 18.6. The Morgan fingerprint density at radius 2 is 1.23 bits per heavy atom. The second-order valence-corrected chi connectivity index (χ2v) is 5.10. The molecule has 3 rings (SSSR count). The molecule has 0 radical (unpaired) electrons. The summed E-state index contributed by atoms with van der Waals surface area (Å²) in [6.07, 6.45) is 0. The van der Waals surface area contributed by atoms with Crippen LogP contribution < -0.4 is 9.47 Å². The van der Waals surface area contributed by atoms with Crippen molar-refractivity contribution in [2.75, 3.05) is 0 Å². The average Bonchev–Trinajstić information content (AvgIpc) is 2.66. The van der Waals surface area contributed by atoms with Crippen molar-refractivity contribution < 1.29 is 18.3 Å². The number of hydrogen-bond donors (Lipinski definition) is 0. The van der Waals surface area contributed by atoms with Gasteiger partial charge in [-0.3, -0.25) is 0 Å². The zero-order valence-corrected chi connectivity index (χ0v) is 13.2. The van der Waals surface area contributed by atoms with Gasteiger partial charge in [0.15, 0.2) is 34.6 Å². The minimum Gasteiger partial charge on any atom is -0.450 e. The highest BCUT2D eigenvalue weighted by Crippen LogP contribution is 2.40. The molecule has 0 bridgehead atoms. The first-order valence-corrected chi connectivity index (χ1v) is 7.46. The van der Waals surface area contributed by atoms with E-state index in [2.05, 4.69) is 0 Å². The van der Waals surface area contributed by atoms with Gasteiger partial charge in [-0.05, 0) is 36.4 Å². The molecule has 6 heteroatoms. The number of nitrogens with zero attached hydrogens (tertiary/aromatic N) is 2. The Kier molecular flexibility index (Phi) is 4.78. The fraction of sp³-hybridized carbons (Fsp3) is 0. The van der Waals surface area contributed by atoms with E-state index in [-0.39, 0.29) is 34.1 Å². The van der Waals surface area contributed by atoms with Gasteiger partial charge in [0, 0.05) is 0 Å². The Bertz CT molecular complexity index is 1050. The molecular weight excluding hydrogens is 338 g/mol. The number of rotatable bonds is 4. The predicted molar refractivity (Wildman–Crippen MR) is 88.8 cm³/mol. The van der Waals surface area contributed by atoms with Crippen LogP contribution in [0.1, 0.15) is 11.1 Å². The molecule has 4 nitrogen and oxygen atoms in total. The van der Waals surface area contributed by atoms with E-state index in [9.17, 15) is 19.3 Å². The van der Waals surface area contributed by atoms with Gasteiger partial charge in [0.1, 0.15) is 17.7 Å². The standard InChI is InChI=1S/C20H10F2N2O2/c21-15-5-1-3-7-17(15)25-19-10-9-13(11-23)14(12-24)20(19)26-18-8-4-2-6-16(18)22/h1-10H. The lowest BCUT2D eigenvalue weighted by molar-refractivity contribution is 0.389. The van der Waals surface area contributed by atoms with Crippen LogP contribution in [-0.4, -0.2) is 0 Å². The molecule has 26 heavy (non-hydrogen) atoms. The fourth-order valence-corrected chi connectivity index (χ4v) is 2.23. The summed E-state index contributed by atoms with van der Waals surface area (Å²) in [4.78, 5) is 0. The lowest BCUT2D eigenvalue weighted by Gasteiger charge is -2.15. The predicted octanol–water partition coefficient (Wildman–Crippen LogP) is 5.29. The summed E-state index contributed by atoms with van der Waals surface area (Å²) in [6, 6.07) is 17.7. The third kappa shape index (κ3) is 3.31. The Labute approximate surface area is 148 Å². The Balaban J connectivity index is 2.13. The second kappa shape index (κ2) is 7.33. The van der Waals surface area contributed by atoms with Crippen molar-refractivity contribution in [2.45, 2.75) is 0 Å². The summed E-state index contributed by atoms with van der Waals surface area (Å²) in [5.41, 5.74) is -0.107. The quantitative estimate of drug-likeness (QED) is 0.642. The van der Waals surface area contributed by atoms with E-state index < -0.39 is 11.6 Å². The maximum absolute atomic E-state index is 13.9. The number of halogens is 2. The molecule has 0 unspecified atom stereocenters. The summed E-state index contributed by atoms with van der Waals surface area (Å²) in [6.45, 7) is 0. The Hall–Kier alpha value is -3.90. The minimum absolute atomic E-state index is 0.0195. The maximum Gasteiger partial charge on any atom is 0.189 e. The monoisotopic (exact) mass is 348 g/mol. The molecule has 3 aromatic rings. The largest absolute Gasteiger partial charge is 0.450 e. The van der Waals surface area contributed by atoms with Gasteiger partial charge >= 0.3 is 0 Å². The molecule has 0 amide bonds. The molecule has 0 saturated carbocycles. The summed E-state index contributed by atoms with van der Waals surface area (Å²) >= 11 is 0. The molecule has 0 N–H and O–H groups in total. The fourth-order valence-electron chi connectivity index (χ4n) is 2.23. The van der Waals surface area contributed by atoms with E-state index >= 15 is 0 Å². The summed E-state index contributed by atoms with van der Waals surface area (Å²) in [5.74, 6) is -1.71. The average molecular weight is 348 g/mol. The van der Waals surface area contributed by atoms with Crippen molar-refractivity contribution >= 4 is 0 Å². The lowest BCUT2D eigenvalue weighted by Crippen LogP contribution is -1.98. The third-order valence-corrected chi connectivity index (χ3v) is 3.46. The van der Waals surface area contributed by atoms with Crippen molar-refractivity contribution in [2.24, 2.45) is 0 Å². The highest BCUT2D eigenvalue weighted by atomic mass is 19.1. The van der Waals surface area contributed by atoms with Gasteiger partial charge in [-0.15, -0.1) is 0 Å². The number of para-hydroxylation sites is 2. The highest BCUT2D eigenvalue weighted by Gasteiger charge is 2.19. The van der Waals surface area contributed by atoms with Crippen molar-refractivity contribution in [1.29, 1.82) is 10.5 Å². The van der Waals surface area contributed by atoms with Crippen molar-refractivity contribution in [3.8, 4) is 35.1 Å². The number of nitriles is 2. The molecule has 3 aromatic carbocycles. The molecule has 0 fully saturated rings. The van der Waals surface area contributed by atoms with E-state index in [1.165, 1.54) is 48.5 Å². The smallest absolute Gasteiger partial charge is 0.189 e. The molecule has 0 aliphatic rings. The van der Waals surface area contributed by atoms with Crippen LogP contribution in [0.5, 0.6) is 23.0 Å². The molecule has 0 aliphatic carbocycles. The van der Waals surface area contributed by atoms with Crippen molar-refractivity contribution in [3.63, 3.8) is 0 Å². The zero-order valence-electron chi connectivity index (χ0n) is 13.2. The van der Waals surface area contributed by atoms with Crippen LogP contribution >= 0.6 is 0 Å². The van der Waals surface area contributed by atoms with Gasteiger partial charge in [-0.25, -0.2) is 8.78 Å². The molecule has 0 atom stereocenters. The first-order valence-electron chi connectivity index (χ1n) is 7.46. The molecule has 126 valence electrons. The molecular formula is C20H10F2N2O2. The van der Waals surface area contributed by atoms with Crippen molar-refractivity contribution in [1.82, 2.24) is 0 Å². The van der Waals surface area contributed by atoms with Crippen molar-refractivity contribution in [3.05, 3.63) is 83.4 Å². The van der Waals surface area contributed by atoms with Crippen LogP contribution in [-0.2, 0) is 0 Å². The van der Waals surface area contributed by atoms with Gasteiger partial charge in [0.25, 0.3) is 0 Å². The summed E-state index contributed by atoms with van der Waals surface area (Å²) in [7, 11) is 0. The highest BCUT2D eigenvalue weighted by molar-refractivity contribution is 5.62. The molecule has 0 spiro atoms. The van der Waals surface area contributed by atoms with Crippen LogP contribution in [0.15, 0.2) is 60.7 Å². The first kappa shape index (κ1) is 16.9. The zero-order chi connectivity index (χ0) is 18.5. The van der Waals surface area contributed by atoms with Gasteiger partial charge in [0.05, 0.1) is 5.56 Å². The molecule has 0 aromatic heterocycles. The SMILES string of the molecule is N#Cc1ccc(Oc2ccccc2F)c(Oc2ccccc2F)c1C#N. The molecule has 0 saturated heterocycles. The lowest BCUT2D eigenvalue weighted by atomic mass is 10.1. The maximum atomic E-state index is 13.9. The van der Waals surface area contributed by atoms with Gasteiger partial charge in [-0.1, -0.05) is 24.3 Å². The van der Waals surface area contributed by atoms with E-state index in [0.717, 1.165) is 0 Å². The van der Waals surface area contributed by atoms with Crippen LogP contribution in [0.25, 0.3) is 0 Å². The van der Waals surface area contributed by atoms with E-state index in [1.54, 1.807) is 12.1 Å². The normalized spacial score (nSPS) is 9.85. The topological polar surface area (TPSA) is 66.0 Å². The van der Waals surface area contributed by atoms with Crippen LogP contribution in [0, 0.1) is 34.3 Å². The first-order chi connectivity index (χ1) is 12.6. The van der Waals surface area contributed by atoms with E-state index in [0.29, 0.717) is 0 Å². The number of hydrogen-bond acceptors (Lipinski definition) is 4. The Morgan fingerprint density at radius 1 is 0.654 bits per heavy atom. The van der Waals surface area contributed by atoms with E-state index in [1.807, 2.05) is 12.1 Å². The minimum atomic E-state index is -0.657. The van der Waals surface area contributed by atoms with Crippen LogP contribution in [0.2, 0.25) is 0 Å². The number of benzene rings is 3. The van der Waals surface area contributed by atoms with Gasteiger partial charge < -0.3 is 9.47 Å². The van der Waals surface area contributed by atoms with Crippen LogP contribution in [0.3, 0.4) is 0 Å². The molecule has 0 aliphatic heterocycles.